The number of thiophene rings is 1. The number of hydrogen-bond donors (Lipinski definition) is 0. The maximum Gasteiger partial charge on any atom is 0.276 e. The molecule has 154 valence electrons. The van der Waals surface area contributed by atoms with E-state index in [9.17, 15) is 4.79 Å². The van der Waals surface area contributed by atoms with Crippen molar-refractivity contribution in [2.24, 2.45) is 0 Å². The first-order valence-electron chi connectivity index (χ1n) is 10.3. The number of fused-ring (bicyclic) bond motifs is 2. The highest BCUT2D eigenvalue weighted by atomic mass is 32.1. The lowest BCUT2D eigenvalue weighted by Gasteiger charge is -2.08. The number of hydrogen-bond acceptors (Lipinski definition) is 5. The third-order valence-electron chi connectivity index (χ3n) is 5.27. The molecule has 2 aromatic carbocycles. The molecule has 0 spiro atoms. The van der Waals surface area contributed by atoms with Crippen LogP contribution in [-0.4, -0.2) is 21.4 Å². The molecule has 0 aliphatic heterocycles. The molecule has 5 nitrogen and oxygen atoms in total. The van der Waals surface area contributed by atoms with Crippen molar-refractivity contribution >= 4 is 32.3 Å². The number of pyridine rings is 1. The van der Waals surface area contributed by atoms with Gasteiger partial charge in [0.05, 0.1) is 35.0 Å². The van der Waals surface area contributed by atoms with Gasteiger partial charge in [-0.25, -0.2) is 4.68 Å². The Bertz CT molecular complexity index is 1440. The monoisotopic (exact) mass is 427 g/mol. The van der Waals surface area contributed by atoms with Crippen LogP contribution in [0.3, 0.4) is 0 Å². The SMILES string of the molecule is CCOc1cccc(-c2csc3cnn(CCc4ccc5ccccc5n4)c(=O)c23)c1. The van der Waals surface area contributed by atoms with Crippen molar-refractivity contribution in [2.45, 2.75) is 19.9 Å². The van der Waals surface area contributed by atoms with Crippen molar-refractivity contribution in [3.63, 3.8) is 0 Å². The molecule has 0 atom stereocenters. The molecule has 3 aromatic heterocycles. The van der Waals surface area contributed by atoms with Crippen LogP contribution in [0.1, 0.15) is 12.6 Å². The van der Waals surface area contributed by atoms with E-state index in [2.05, 4.69) is 11.2 Å². The standard InChI is InChI=1S/C25H21N3O2S/c1-2-30-20-8-5-7-18(14-20)21-16-31-23-15-26-28(25(29)24(21)23)13-12-19-11-10-17-6-3-4-9-22(17)27-19/h3-11,14-16H,2,12-13H2,1H3. The molecule has 0 aliphatic carbocycles. The Morgan fingerprint density at radius 1 is 1.06 bits per heavy atom. The van der Waals surface area contributed by atoms with E-state index in [1.54, 1.807) is 10.9 Å². The number of benzene rings is 2. The summed E-state index contributed by atoms with van der Waals surface area (Å²) in [6.07, 6.45) is 2.42. The van der Waals surface area contributed by atoms with E-state index in [4.69, 9.17) is 9.72 Å². The fourth-order valence-corrected chi connectivity index (χ4v) is 4.67. The van der Waals surface area contributed by atoms with Gasteiger partial charge >= 0.3 is 0 Å². The second-order valence-electron chi connectivity index (χ2n) is 7.27. The molecular weight excluding hydrogens is 406 g/mol. The third-order valence-corrected chi connectivity index (χ3v) is 6.19. The van der Waals surface area contributed by atoms with Crippen LogP contribution >= 0.6 is 11.3 Å². The Balaban J connectivity index is 1.47. The van der Waals surface area contributed by atoms with Gasteiger partial charge in [0.2, 0.25) is 0 Å². The Hall–Kier alpha value is -3.51. The number of para-hydroxylation sites is 1. The van der Waals surface area contributed by atoms with Crippen molar-refractivity contribution in [1.29, 1.82) is 0 Å². The van der Waals surface area contributed by atoms with E-state index >= 15 is 0 Å². The minimum Gasteiger partial charge on any atom is -0.494 e. The van der Waals surface area contributed by atoms with E-state index in [1.807, 2.05) is 66.9 Å². The van der Waals surface area contributed by atoms with Gasteiger partial charge in [0.25, 0.3) is 5.56 Å². The van der Waals surface area contributed by atoms with Gasteiger partial charge < -0.3 is 4.74 Å². The molecule has 5 rings (SSSR count). The maximum atomic E-state index is 13.3. The molecule has 0 bridgehead atoms. The minimum absolute atomic E-state index is 0.0728. The first kappa shape index (κ1) is 19.5. The summed E-state index contributed by atoms with van der Waals surface area (Å²) in [5.74, 6) is 0.802. The first-order valence-corrected chi connectivity index (χ1v) is 11.2. The fraction of sp³-hybridized carbons (Fsp3) is 0.160. The quantitative estimate of drug-likeness (QED) is 0.368. The Morgan fingerprint density at radius 2 is 1.97 bits per heavy atom. The van der Waals surface area contributed by atoms with E-state index in [-0.39, 0.29) is 5.56 Å². The number of nitrogens with zero attached hydrogens (tertiary/aromatic N) is 3. The van der Waals surface area contributed by atoms with Crippen molar-refractivity contribution < 1.29 is 4.74 Å². The summed E-state index contributed by atoms with van der Waals surface area (Å²) in [6, 6.07) is 20.0. The molecule has 3 heterocycles. The average Bonchev–Trinajstić information content (AvgIpc) is 3.24. The molecule has 0 unspecified atom stereocenters. The fourth-order valence-electron chi connectivity index (χ4n) is 3.75. The lowest BCUT2D eigenvalue weighted by atomic mass is 10.1. The highest BCUT2D eigenvalue weighted by Gasteiger charge is 2.14. The predicted octanol–water partition coefficient (Wildman–Crippen LogP) is 5.31. The smallest absolute Gasteiger partial charge is 0.276 e. The number of ether oxygens (including phenoxy) is 1. The summed E-state index contributed by atoms with van der Waals surface area (Å²) in [4.78, 5) is 18.0. The zero-order valence-corrected chi connectivity index (χ0v) is 17.9. The summed E-state index contributed by atoms with van der Waals surface area (Å²) >= 11 is 1.54. The normalized spacial score (nSPS) is 11.3. The second-order valence-corrected chi connectivity index (χ2v) is 8.18. The van der Waals surface area contributed by atoms with E-state index in [0.29, 0.717) is 25.0 Å². The predicted molar refractivity (Wildman–Crippen MR) is 126 cm³/mol. The molecule has 31 heavy (non-hydrogen) atoms. The van der Waals surface area contributed by atoms with Crippen LogP contribution < -0.4 is 10.3 Å². The van der Waals surface area contributed by atoms with E-state index < -0.39 is 0 Å². The molecule has 6 heteroatoms. The van der Waals surface area contributed by atoms with Crippen LogP contribution in [-0.2, 0) is 13.0 Å². The van der Waals surface area contributed by atoms with Crippen molar-refractivity contribution in [2.75, 3.05) is 6.61 Å². The highest BCUT2D eigenvalue weighted by molar-refractivity contribution is 7.17. The molecular formula is C25H21N3O2S. The molecule has 0 fully saturated rings. The first-order chi connectivity index (χ1) is 15.2. The van der Waals surface area contributed by atoms with Crippen LogP contribution in [0.5, 0.6) is 5.75 Å². The number of aryl methyl sites for hydroxylation is 2. The lowest BCUT2D eigenvalue weighted by molar-refractivity contribution is 0.340. The zero-order valence-electron chi connectivity index (χ0n) is 17.1. The Kier molecular flexibility index (Phi) is 5.22. The highest BCUT2D eigenvalue weighted by Crippen LogP contribution is 2.33. The largest absolute Gasteiger partial charge is 0.494 e. The van der Waals surface area contributed by atoms with Gasteiger partial charge in [0.1, 0.15) is 5.75 Å². The molecule has 0 amide bonds. The maximum absolute atomic E-state index is 13.3. The van der Waals surface area contributed by atoms with Crippen molar-refractivity contribution in [3.8, 4) is 16.9 Å². The summed E-state index contributed by atoms with van der Waals surface area (Å²) in [5, 5.41) is 8.24. The molecule has 0 saturated heterocycles. The minimum atomic E-state index is -0.0728. The van der Waals surface area contributed by atoms with Crippen LogP contribution in [0.2, 0.25) is 0 Å². The molecule has 0 radical (unpaired) electrons. The van der Waals surface area contributed by atoms with Crippen molar-refractivity contribution in [3.05, 3.63) is 88.3 Å². The van der Waals surface area contributed by atoms with Gasteiger partial charge in [-0.2, -0.15) is 5.10 Å². The van der Waals surface area contributed by atoms with Crippen molar-refractivity contribution in [1.82, 2.24) is 14.8 Å². The van der Waals surface area contributed by atoms with Crippen LogP contribution in [0.25, 0.3) is 32.1 Å². The summed E-state index contributed by atoms with van der Waals surface area (Å²) < 4.78 is 8.06. The second kappa shape index (κ2) is 8.32. The summed E-state index contributed by atoms with van der Waals surface area (Å²) in [7, 11) is 0. The molecule has 0 N–H and O–H groups in total. The summed E-state index contributed by atoms with van der Waals surface area (Å²) in [5.41, 5.74) is 3.73. The zero-order chi connectivity index (χ0) is 21.2. The molecule has 0 saturated carbocycles. The van der Waals surface area contributed by atoms with Gasteiger partial charge in [-0.1, -0.05) is 36.4 Å². The van der Waals surface area contributed by atoms with Crippen LogP contribution in [0.4, 0.5) is 0 Å². The average molecular weight is 428 g/mol. The van der Waals surface area contributed by atoms with Gasteiger partial charge in [0, 0.05) is 28.4 Å². The Labute approximate surface area is 183 Å². The molecule has 0 aliphatic rings. The topological polar surface area (TPSA) is 57.0 Å². The van der Waals surface area contributed by atoms with Gasteiger partial charge in [-0.05, 0) is 36.8 Å². The van der Waals surface area contributed by atoms with E-state index in [0.717, 1.165) is 38.2 Å². The number of rotatable bonds is 6. The van der Waals surface area contributed by atoms with Gasteiger partial charge in [-0.3, -0.25) is 9.78 Å². The van der Waals surface area contributed by atoms with Crippen LogP contribution in [0, 0.1) is 0 Å². The Morgan fingerprint density at radius 3 is 2.87 bits per heavy atom. The summed E-state index contributed by atoms with van der Waals surface area (Å²) in [6.45, 7) is 3.04. The molecule has 5 aromatic rings. The van der Waals surface area contributed by atoms with Gasteiger partial charge in [0.15, 0.2) is 0 Å². The van der Waals surface area contributed by atoms with E-state index in [1.165, 1.54) is 11.3 Å². The number of aromatic nitrogens is 3. The van der Waals surface area contributed by atoms with Gasteiger partial charge in [-0.15, -0.1) is 11.3 Å². The van der Waals surface area contributed by atoms with Crippen LogP contribution in [0.15, 0.2) is 77.0 Å². The lowest BCUT2D eigenvalue weighted by Crippen LogP contribution is -2.23. The third kappa shape index (κ3) is 3.82.